The van der Waals surface area contributed by atoms with Gasteiger partial charge in [0.2, 0.25) is 5.75 Å². The summed E-state index contributed by atoms with van der Waals surface area (Å²) in [7, 11) is 6.01. The van der Waals surface area contributed by atoms with Crippen molar-refractivity contribution in [3.05, 3.63) is 48.0 Å². The van der Waals surface area contributed by atoms with Gasteiger partial charge in [-0.2, -0.15) is 0 Å². The van der Waals surface area contributed by atoms with Gasteiger partial charge in [0.25, 0.3) is 0 Å². The third-order valence-corrected chi connectivity index (χ3v) is 5.05. The molecule has 0 aliphatic rings. The lowest BCUT2D eigenvalue weighted by Gasteiger charge is -2.24. The Labute approximate surface area is 217 Å². The highest BCUT2D eigenvalue weighted by Crippen LogP contribution is 2.41. The Bertz CT molecular complexity index is 1100. The molecule has 2 aromatic carbocycles. The van der Waals surface area contributed by atoms with Gasteiger partial charge in [-0.3, -0.25) is 5.32 Å². The van der Waals surface area contributed by atoms with Crippen molar-refractivity contribution < 1.29 is 38.0 Å². The number of amides is 1. The highest BCUT2D eigenvalue weighted by molar-refractivity contribution is 5.91. The molecule has 10 nitrogen and oxygen atoms in total. The van der Waals surface area contributed by atoms with Gasteiger partial charge in [0.05, 0.1) is 52.3 Å². The number of carbonyl (C=O) groups excluding carboxylic acids is 2. The third kappa shape index (κ3) is 7.70. The van der Waals surface area contributed by atoms with Gasteiger partial charge in [0.1, 0.15) is 11.4 Å². The highest BCUT2D eigenvalue weighted by Gasteiger charge is 2.25. The molecule has 0 spiro atoms. The lowest BCUT2D eigenvalue weighted by molar-refractivity contribution is -0.138. The van der Waals surface area contributed by atoms with Crippen molar-refractivity contribution >= 4 is 23.4 Å². The monoisotopic (exact) mass is 516 g/mol. The average molecular weight is 517 g/mol. The summed E-state index contributed by atoms with van der Waals surface area (Å²) < 4.78 is 32.3. The number of rotatable bonds is 11. The maximum atomic E-state index is 12.7. The molecule has 2 aromatic rings. The van der Waals surface area contributed by atoms with Crippen LogP contribution in [0.4, 0.5) is 16.2 Å². The summed E-state index contributed by atoms with van der Waals surface area (Å²) in [5.74, 6) is 1.09. The van der Waals surface area contributed by atoms with E-state index in [1.54, 1.807) is 58.0 Å². The molecule has 37 heavy (non-hydrogen) atoms. The minimum atomic E-state index is -0.757. The van der Waals surface area contributed by atoms with E-state index in [0.717, 1.165) is 0 Å². The normalized spacial score (nSPS) is 11.6. The van der Waals surface area contributed by atoms with Crippen LogP contribution in [0.5, 0.6) is 23.0 Å². The molecule has 0 radical (unpaired) electrons. The van der Waals surface area contributed by atoms with Gasteiger partial charge >= 0.3 is 12.1 Å². The molecule has 1 atom stereocenters. The first-order chi connectivity index (χ1) is 17.5. The number of hydrogen-bond acceptors (Lipinski definition) is 9. The summed E-state index contributed by atoms with van der Waals surface area (Å²) in [5, 5.41) is 6.00. The molecule has 0 aliphatic carbocycles. The van der Waals surface area contributed by atoms with E-state index in [1.165, 1.54) is 28.4 Å². The molecule has 0 heterocycles. The second kappa shape index (κ2) is 12.8. The number of benzene rings is 2. The van der Waals surface area contributed by atoms with Gasteiger partial charge in [-0.1, -0.05) is 12.6 Å². The highest BCUT2D eigenvalue weighted by atomic mass is 16.6. The molecule has 0 bridgehead atoms. The number of carbonyl (C=O) groups is 2. The fourth-order valence-corrected chi connectivity index (χ4v) is 3.46. The van der Waals surface area contributed by atoms with Gasteiger partial charge in [-0.15, -0.1) is 0 Å². The van der Waals surface area contributed by atoms with E-state index in [4.69, 9.17) is 28.4 Å². The van der Waals surface area contributed by atoms with E-state index in [1.807, 2.05) is 0 Å². The van der Waals surface area contributed by atoms with Crippen LogP contribution in [-0.2, 0) is 14.3 Å². The van der Waals surface area contributed by atoms with Crippen LogP contribution < -0.4 is 29.6 Å². The van der Waals surface area contributed by atoms with Crippen LogP contribution in [0.3, 0.4) is 0 Å². The first-order valence-electron chi connectivity index (χ1n) is 11.6. The lowest BCUT2D eigenvalue weighted by atomic mass is 9.98. The number of anilines is 2. The lowest BCUT2D eigenvalue weighted by Crippen LogP contribution is -2.27. The fraction of sp³-hybridized carbons (Fsp3) is 0.407. The summed E-state index contributed by atoms with van der Waals surface area (Å²) >= 11 is 0. The van der Waals surface area contributed by atoms with E-state index >= 15 is 0 Å². The third-order valence-electron chi connectivity index (χ3n) is 5.05. The van der Waals surface area contributed by atoms with Crippen molar-refractivity contribution in [1.82, 2.24) is 0 Å². The van der Waals surface area contributed by atoms with Crippen LogP contribution in [0.1, 0.15) is 39.3 Å². The Morgan fingerprint density at radius 2 is 1.51 bits per heavy atom. The number of esters is 1. The van der Waals surface area contributed by atoms with Crippen molar-refractivity contribution in [2.45, 2.75) is 39.3 Å². The van der Waals surface area contributed by atoms with Crippen LogP contribution in [0.15, 0.2) is 42.5 Å². The number of methoxy groups -OCH3 is 4. The summed E-state index contributed by atoms with van der Waals surface area (Å²) in [4.78, 5) is 25.2. The van der Waals surface area contributed by atoms with Gasteiger partial charge in [0.15, 0.2) is 11.5 Å². The summed E-state index contributed by atoms with van der Waals surface area (Å²) in [5.41, 5.74) is 0.955. The number of nitrogens with one attached hydrogen (secondary N) is 2. The molecule has 0 saturated heterocycles. The molecule has 0 aliphatic heterocycles. The van der Waals surface area contributed by atoms with Crippen LogP contribution >= 0.6 is 0 Å². The molecule has 0 aromatic heterocycles. The van der Waals surface area contributed by atoms with Crippen LogP contribution in [0.25, 0.3) is 0 Å². The summed E-state index contributed by atoms with van der Waals surface area (Å²) in [6.45, 7) is 11.2. The van der Waals surface area contributed by atoms with Crippen LogP contribution in [0.2, 0.25) is 0 Å². The molecule has 0 saturated carbocycles. The standard InChI is InChI=1S/C27H36N2O8/c1-10-36-25(30)16(2)23(28-18-14-21(33-7)24(35-9)22(15-18)34-8)17-11-12-20(32-6)19(13-17)29-26(31)37-27(3,4)5/h11-15,23,28H,2,10H2,1,3-9H3,(H,29,31). The molecule has 0 fully saturated rings. The van der Waals surface area contributed by atoms with Crippen LogP contribution in [0, 0.1) is 0 Å². The molecule has 2 N–H and O–H groups in total. The molecule has 202 valence electrons. The van der Waals surface area contributed by atoms with Crippen molar-refractivity contribution in [1.29, 1.82) is 0 Å². The molecule has 1 unspecified atom stereocenters. The minimum absolute atomic E-state index is 0.143. The SMILES string of the molecule is C=C(C(=O)OCC)C(Nc1cc(OC)c(OC)c(OC)c1)c1ccc(OC)c(NC(=O)OC(C)(C)C)c1. The number of hydrogen-bond donors (Lipinski definition) is 2. The van der Waals surface area contributed by atoms with E-state index in [2.05, 4.69) is 17.2 Å². The predicted molar refractivity (Wildman–Crippen MR) is 141 cm³/mol. The Balaban J connectivity index is 2.56. The topological polar surface area (TPSA) is 114 Å². The fourth-order valence-electron chi connectivity index (χ4n) is 3.46. The van der Waals surface area contributed by atoms with Gasteiger partial charge in [-0.05, 0) is 45.4 Å². The zero-order valence-electron chi connectivity index (χ0n) is 22.6. The van der Waals surface area contributed by atoms with Gasteiger partial charge < -0.3 is 33.7 Å². The van der Waals surface area contributed by atoms with Crippen molar-refractivity contribution in [3.8, 4) is 23.0 Å². The molecule has 1 amide bonds. The molecular weight excluding hydrogens is 480 g/mol. The van der Waals surface area contributed by atoms with Gasteiger partial charge in [0, 0.05) is 17.8 Å². The quantitative estimate of drug-likeness (QED) is 0.302. The largest absolute Gasteiger partial charge is 0.495 e. The average Bonchev–Trinajstić information content (AvgIpc) is 2.85. The van der Waals surface area contributed by atoms with Crippen LogP contribution in [-0.4, -0.2) is 52.7 Å². The maximum Gasteiger partial charge on any atom is 0.412 e. The minimum Gasteiger partial charge on any atom is -0.495 e. The molecule has 10 heteroatoms. The van der Waals surface area contributed by atoms with E-state index in [0.29, 0.717) is 39.9 Å². The Kier molecular flexibility index (Phi) is 10.0. The Hall–Kier alpha value is -4.08. The van der Waals surface area contributed by atoms with Crippen molar-refractivity contribution in [2.75, 3.05) is 45.7 Å². The van der Waals surface area contributed by atoms with Crippen molar-refractivity contribution in [3.63, 3.8) is 0 Å². The predicted octanol–water partition coefficient (Wildman–Crippen LogP) is 5.34. The maximum absolute atomic E-state index is 12.7. The zero-order chi connectivity index (χ0) is 27.8. The first-order valence-corrected chi connectivity index (χ1v) is 11.6. The van der Waals surface area contributed by atoms with E-state index in [-0.39, 0.29) is 12.2 Å². The molecular formula is C27H36N2O8. The van der Waals surface area contributed by atoms with E-state index < -0.39 is 23.7 Å². The van der Waals surface area contributed by atoms with Gasteiger partial charge in [-0.25, -0.2) is 9.59 Å². The summed E-state index contributed by atoms with van der Waals surface area (Å²) in [6.07, 6.45) is -0.652. The second-order valence-electron chi connectivity index (χ2n) is 8.82. The zero-order valence-corrected chi connectivity index (χ0v) is 22.6. The smallest absolute Gasteiger partial charge is 0.412 e. The van der Waals surface area contributed by atoms with E-state index in [9.17, 15) is 9.59 Å². The molecule has 2 rings (SSSR count). The second-order valence-corrected chi connectivity index (χ2v) is 8.82. The first kappa shape index (κ1) is 29.2. The Morgan fingerprint density at radius 1 is 0.919 bits per heavy atom. The van der Waals surface area contributed by atoms with Crippen molar-refractivity contribution in [2.24, 2.45) is 0 Å². The summed E-state index contributed by atoms with van der Waals surface area (Å²) in [6, 6.07) is 7.74. The number of ether oxygens (including phenoxy) is 6. The Morgan fingerprint density at radius 3 is 2.00 bits per heavy atom.